The second kappa shape index (κ2) is 5.54. The molecule has 0 fully saturated rings. The predicted molar refractivity (Wildman–Crippen MR) is 81.8 cm³/mol. The van der Waals surface area contributed by atoms with Gasteiger partial charge in [0.05, 0.1) is 16.4 Å². The highest BCUT2D eigenvalue weighted by Gasteiger charge is 2.18. The molecule has 2 aromatic rings. The van der Waals surface area contributed by atoms with Gasteiger partial charge in [-0.15, -0.1) is 11.6 Å². The molecule has 98 valence electrons. The van der Waals surface area contributed by atoms with Crippen LogP contribution in [0.2, 0.25) is 0 Å². The Morgan fingerprint density at radius 2 is 2.11 bits per heavy atom. The average Bonchev–Trinajstić information content (AvgIpc) is 2.67. The summed E-state index contributed by atoms with van der Waals surface area (Å²) in [5, 5.41) is -0.0676. The van der Waals surface area contributed by atoms with E-state index in [0.29, 0.717) is 6.04 Å². The van der Waals surface area contributed by atoms with E-state index in [4.69, 9.17) is 11.6 Å². The van der Waals surface area contributed by atoms with E-state index >= 15 is 0 Å². The number of halogens is 1. The van der Waals surface area contributed by atoms with Crippen molar-refractivity contribution < 1.29 is 0 Å². The van der Waals surface area contributed by atoms with Crippen LogP contribution in [0.5, 0.6) is 0 Å². The number of hydrogen-bond donors (Lipinski definition) is 0. The third-order valence-electron chi connectivity index (χ3n) is 3.08. The van der Waals surface area contributed by atoms with Crippen LogP contribution < -0.4 is 0 Å². The molecular weight excluding hydrogens is 264 g/mol. The summed E-state index contributed by atoms with van der Waals surface area (Å²) in [5.41, 5.74) is 3.49. The lowest BCUT2D eigenvalue weighted by Gasteiger charge is -2.17. The summed E-state index contributed by atoms with van der Waals surface area (Å²) in [5.74, 6) is 2.04. The summed E-state index contributed by atoms with van der Waals surface area (Å²) in [6, 6.07) is 6.78. The van der Waals surface area contributed by atoms with Crippen LogP contribution in [0.1, 0.15) is 36.7 Å². The largest absolute Gasteiger partial charge is 0.323 e. The number of benzene rings is 1. The third-order valence-corrected chi connectivity index (χ3v) is 4.09. The number of aryl methyl sites for hydroxylation is 1. The van der Waals surface area contributed by atoms with E-state index in [1.54, 1.807) is 0 Å². The molecule has 0 aliphatic rings. The second-order valence-electron chi connectivity index (χ2n) is 4.75. The van der Waals surface area contributed by atoms with Gasteiger partial charge in [0.25, 0.3) is 0 Å². The van der Waals surface area contributed by atoms with Gasteiger partial charge in [-0.25, -0.2) is 4.98 Å². The number of nitrogens with zero attached hydrogens (tertiary/aromatic N) is 2. The summed E-state index contributed by atoms with van der Waals surface area (Å²) in [4.78, 5) is 4.68. The van der Waals surface area contributed by atoms with Crippen LogP contribution in [-0.4, -0.2) is 21.6 Å². The molecule has 0 spiro atoms. The van der Waals surface area contributed by atoms with Crippen molar-refractivity contribution in [2.24, 2.45) is 0 Å². The zero-order valence-electron chi connectivity index (χ0n) is 11.3. The van der Waals surface area contributed by atoms with Gasteiger partial charge in [-0.3, -0.25) is 0 Å². The smallest absolute Gasteiger partial charge is 0.127 e. The van der Waals surface area contributed by atoms with Crippen LogP contribution in [0.4, 0.5) is 0 Å². The molecule has 1 heterocycles. The van der Waals surface area contributed by atoms with Gasteiger partial charge in [0.15, 0.2) is 0 Å². The Balaban J connectivity index is 2.64. The normalized spacial score (nSPS) is 14.9. The summed E-state index contributed by atoms with van der Waals surface area (Å²) in [6.07, 6.45) is 2.13. The van der Waals surface area contributed by atoms with Gasteiger partial charge >= 0.3 is 0 Å². The molecular formula is C14H19ClN2S. The van der Waals surface area contributed by atoms with E-state index in [0.717, 1.165) is 17.1 Å². The fourth-order valence-corrected chi connectivity index (χ4v) is 3.07. The van der Waals surface area contributed by atoms with Crippen molar-refractivity contribution in [3.63, 3.8) is 0 Å². The van der Waals surface area contributed by atoms with Crippen molar-refractivity contribution in [1.82, 2.24) is 9.55 Å². The van der Waals surface area contributed by atoms with Crippen molar-refractivity contribution in [3.05, 3.63) is 29.6 Å². The van der Waals surface area contributed by atoms with Gasteiger partial charge in [-0.1, -0.05) is 6.07 Å². The third kappa shape index (κ3) is 2.52. The van der Waals surface area contributed by atoms with E-state index in [2.05, 4.69) is 47.9 Å². The Morgan fingerprint density at radius 1 is 1.39 bits per heavy atom. The number of hydrogen-bond acceptors (Lipinski definition) is 2. The van der Waals surface area contributed by atoms with Crippen LogP contribution in [0.25, 0.3) is 11.0 Å². The summed E-state index contributed by atoms with van der Waals surface area (Å²) in [7, 11) is 0. The highest BCUT2D eigenvalue weighted by Crippen LogP contribution is 2.29. The molecule has 0 bridgehead atoms. The SMILES string of the molecule is CSCC(C)n1c(C(C)Cl)nc2ccc(C)cc21. The first-order valence-electron chi connectivity index (χ1n) is 6.16. The topological polar surface area (TPSA) is 17.8 Å². The van der Waals surface area contributed by atoms with Gasteiger partial charge in [0, 0.05) is 11.8 Å². The second-order valence-corrected chi connectivity index (χ2v) is 6.32. The molecule has 0 saturated carbocycles. The predicted octanol–water partition coefficient (Wildman–Crippen LogP) is 4.57. The molecule has 4 heteroatoms. The minimum Gasteiger partial charge on any atom is -0.323 e. The first-order chi connectivity index (χ1) is 8.54. The molecule has 0 aliphatic heterocycles. The Hall–Kier alpha value is -0.670. The van der Waals surface area contributed by atoms with Gasteiger partial charge in [-0.05, 0) is 44.7 Å². The first-order valence-corrected chi connectivity index (χ1v) is 7.99. The highest BCUT2D eigenvalue weighted by molar-refractivity contribution is 7.98. The maximum absolute atomic E-state index is 6.27. The maximum Gasteiger partial charge on any atom is 0.127 e. The number of alkyl halides is 1. The van der Waals surface area contributed by atoms with Crippen molar-refractivity contribution in [3.8, 4) is 0 Å². The Labute approximate surface area is 118 Å². The molecule has 18 heavy (non-hydrogen) atoms. The summed E-state index contributed by atoms with van der Waals surface area (Å²) in [6.45, 7) is 6.32. The van der Waals surface area contributed by atoms with Gasteiger partial charge in [-0.2, -0.15) is 11.8 Å². The molecule has 0 aliphatic carbocycles. The molecule has 0 radical (unpaired) electrons. The monoisotopic (exact) mass is 282 g/mol. The number of rotatable bonds is 4. The van der Waals surface area contributed by atoms with Gasteiger partial charge in [0.2, 0.25) is 0 Å². The van der Waals surface area contributed by atoms with Crippen LogP contribution in [0, 0.1) is 6.92 Å². The molecule has 0 N–H and O–H groups in total. The van der Waals surface area contributed by atoms with E-state index in [9.17, 15) is 0 Å². The number of imidazole rings is 1. The number of thioether (sulfide) groups is 1. The molecule has 1 aromatic heterocycles. The van der Waals surface area contributed by atoms with Crippen LogP contribution in [-0.2, 0) is 0 Å². The lowest BCUT2D eigenvalue weighted by molar-refractivity contribution is 0.593. The van der Waals surface area contributed by atoms with Crippen molar-refractivity contribution in [2.45, 2.75) is 32.2 Å². The Bertz CT molecular complexity index is 548. The fraction of sp³-hybridized carbons (Fsp3) is 0.500. The highest BCUT2D eigenvalue weighted by atomic mass is 35.5. The molecule has 1 aromatic carbocycles. The summed E-state index contributed by atoms with van der Waals surface area (Å²) < 4.78 is 2.29. The fourth-order valence-electron chi connectivity index (χ4n) is 2.28. The first kappa shape index (κ1) is 13.8. The zero-order valence-corrected chi connectivity index (χ0v) is 12.8. The van der Waals surface area contributed by atoms with E-state index in [1.165, 1.54) is 11.1 Å². The van der Waals surface area contributed by atoms with Crippen molar-refractivity contribution in [2.75, 3.05) is 12.0 Å². The standard InChI is InChI=1S/C14H19ClN2S/c1-9-5-6-12-13(7-9)17(10(2)8-18-4)14(16-12)11(3)15/h5-7,10-11H,8H2,1-4H3. The zero-order chi connectivity index (χ0) is 13.3. The van der Waals surface area contributed by atoms with Crippen molar-refractivity contribution >= 4 is 34.4 Å². The Morgan fingerprint density at radius 3 is 2.72 bits per heavy atom. The number of aromatic nitrogens is 2. The van der Waals surface area contributed by atoms with E-state index < -0.39 is 0 Å². The molecule has 0 saturated heterocycles. The minimum atomic E-state index is -0.0676. The molecule has 2 atom stereocenters. The quantitative estimate of drug-likeness (QED) is 0.765. The summed E-state index contributed by atoms with van der Waals surface area (Å²) >= 11 is 8.12. The Kier molecular flexibility index (Phi) is 4.23. The van der Waals surface area contributed by atoms with E-state index in [1.807, 2.05) is 18.7 Å². The minimum absolute atomic E-state index is 0.0676. The molecule has 2 rings (SSSR count). The van der Waals surface area contributed by atoms with Crippen LogP contribution in [0.3, 0.4) is 0 Å². The van der Waals surface area contributed by atoms with Gasteiger partial charge in [0.1, 0.15) is 5.82 Å². The van der Waals surface area contributed by atoms with Gasteiger partial charge < -0.3 is 4.57 Å². The van der Waals surface area contributed by atoms with Crippen LogP contribution in [0.15, 0.2) is 18.2 Å². The van der Waals surface area contributed by atoms with E-state index in [-0.39, 0.29) is 5.38 Å². The molecule has 2 nitrogen and oxygen atoms in total. The molecule has 2 unspecified atom stereocenters. The average molecular weight is 283 g/mol. The van der Waals surface area contributed by atoms with Crippen molar-refractivity contribution in [1.29, 1.82) is 0 Å². The number of fused-ring (bicyclic) bond motifs is 1. The molecule has 0 amide bonds. The lowest BCUT2D eigenvalue weighted by Crippen LogP contribution is -2.12. The lowest BCUT2D eigenvalue weighted by atomic mass is 10.2. The maximum atomic E-state index is 6.27. The van der Waals surface area contributed by atoms with Crippen LogP contribution >= 0.6 is 23.4 Å².